The van der Waals surface area contributed by atoms with Crippen LogP contribution in [-0.4, -0.2) is 20.1 Å². The number of carbonyl (C=O) groups excluding carboxylic acids is 1. The second kappa shape index (κ2) is 7.09. The van der Waals surface area contributed by atoms with Crippen molar-refractivity contribution in [3.05, 3.63) is 59.7 Å². The van der Waals surface area contributed by atoms with Gasteiger partial charge in [0, 0.05) is 11.3 Å². The van der Waals surface area contributed by atoms with Gasteiger partial charge in [0.05, 0.1) is 4.90 Å². The number of nitrogens with one attached hydrogen (secondary N) is 1. The van der Waals surface area contributed by atoms with Crippen LogP contribution in [0, 0.1) is 0 Å². The van der Waals surface area contributed by atoms with Gasteiger partial charge in [0.25, 0.3) is 5.91 Å². The van der Waals surface area contributed by atoms with Crippen LogP contribution in [0.15, 0.2) is 53.4 Å². The third kappa shape index (κ3) is 3.97. The van der Waals surface area contributed by atoms with E-state index in [-0.39, 0.29) is 5.56 Å². The monoisotopic (exact) mass is 353 g/mol. The van der Waals surface area contributed by atoms with Crippen LogP contribution in [0.5, 0.6) is 0 Å². The third-order valence-corrected chi connectivity index (χ3v) is 4.91. The number of rotatable bonds is 5. The fourth-order valence-electron chi connectivity index (χ4n) is 2.05. The molecule has 1 N–H and O–H groups in total. The molecule has 2 aromatic rings. The molecular weight excluding hydrogens is 336 g/mol. The molecule has 0 aliphatic rings. The van der Waals surface area contributed by atoms with Crippen LogP contribution in [0.4, 0.5) is 14.5 Å². The summed E-state index contributed by atoms with van der Waals surface area (Å²) in [6, 6.07) is 11.7. The van der Waals surface area contributed by atoms with Gasteiger partial charge in [0.1, 0.15) is 0 Å². The van der Waals surface area contributed by atoms with Crippen molar-refractivity contribution in [1.29, 1.82) is 0 Å². The summed E-state index contributed by atoms with van der Waals surface area (Å²) >= 11 is 0. The topological polar surface area (TPSA) is 63.2 Å². The van der Waals surface area contributed by atoms with Gasteiger partial charge in [-0.3, -0.25) is 4.79 Å². The van der Waals surface area contributed by atoms with Crippen molar-refractivity contribution < 1.29 is 22.0 Å². The van der Waals surface area contributed by atoms with E-state index in [0.29, 0.717) is 11.6 Å². The first-order valence-electron chi connectivity index (χ1n) is 7.25. The molecule has 0 radical (unpaired) electrons. The summed E-state index contributed by atoms with van der Waals surface area (Å²) in [5.74, 6) is -3.57. The Labute approximate surface area is 139 Å². The minimum absolute atomic E-state index is 0.177. The van der Waals surface area contributed by atoms with Crippen LogP contribution in [-0.2, 0) is 9.84 Å². The summed E-state index contributed by atoms with van der Waals surface area (Å²) in [7, 11) is -4.66. The molecule has 0 heterocycles. The number of alkyl halides is 2. The van der Waals surface area contributed by atoms with Crippen molar-refractivity contribution in [2.24, 2.45) is 0 Å². The smallest absolute Gasteiger partial charge is 0.322 e. The largest absolute Gasteiger partial charge is 0.341 e. The van der Waals surface area contributed by atoms with Crippen molar-refractivity contribution in [3.8, 4) is 0 Å². The maximum Gasteiger partial charge on any atom is 0.341 e. The predicted octanol–water partition coefficient (Wildman–Crippen LogP) is 4.06. The van der Waals surface area contributed by atoms with Crippen LogP contribution in [0.1, 0.15) is 35.7 Å². The average molecular weight is 353 g/mol. The van der Waals surface area contributed by atoms with E-state index in [0.717, 1.165) is 17.7 Å². The molecule has 0 unspecified atom stereocenters. The van der Waals surface area contributed by atoms with Gasteiger partial charge in [0.15, 0.2) is 0 Å². The van der Waals surface area contributed by atoms with Gasteiger partial charge in [-0.1, -0.05) is 26.0 Å². The lowest BCUT2D eigenvalue weighted by atomic mass is 10.0. The van der Waals surface area contributed by atoms with Gasteiger partial charge in [-0.15, -0.1) is 0 Å². The minimum atomic E-state index is -4.66. The van der Waals surface area contributed by atoms with E-state index >= 15 is 0 Å². The lowest BCUT2D eigenvalue weighted by Crippen LogP contribution is -2.14. The molecule has 0 aliphatic heterocycles. The Kier molecular flexibility index (Phi) is 5.33. The molecule has 0 spiro atoms. The van der Waals surface area contributed by atoms with E-state index in [1.165, 1.54) is 12.1 Å². The maximum absolute atomic E-state index is 12.5. The Morgan fingerprint density at radius 1 is 0.958 bits per heavy atom. The first-order chi connectivity index (χ1) is 11.2. The number of anilines is 1. The van der Waals surface area contributed by atoms with Crippen molar-refractivity contribution in [3.63, 3.8) is 0 Å². The molecule has 7 heteroatoms. The third-order valence-electron chi connectivity index (χ3n) is 3.51. The van der Waals surface area contributed by atoms with E-state index in [1.54, 1.807) is 12.1 Å². The highest BCUT2D eigenvalue weighted by atomic mass is 32.2. The Hall–Kier alpha value is -2.28. The zero-order valence-corrected chi connectivity index (χ0v) is 14.0. The fourth-order valence-corrected chi connectivity index (χ4v) is 2.77. The summed E-state index contributed by atoms with van der Waals surface area (Å²) < 4.78 is 47.6. The van der Waals surface area contributed by atoms with Crippen LogP contribution in [0.2, 0.25) is 0 Å². The highest BCUT2D eigenvalue weighted by Gasteiger charge is 2.26. The molecule has 128 valence electrons. The van der Waals surface area contributed by atoms with Crippen molar-refractivity contribution in [2.75, 3.05) is 5.32 Å². The molecule has 1 amide bonds. The second-order valence-electron chi connectivity index (χ2n) is 5.56. The van der Waals surface area contributed by atoms with Gasteiger partial charge in [-0.2, -0.15) is 8.78 Å². The molecular formula is C17H17F2NO3S. The Bertz CT molecular complexity index is 814. The minimum Gasteiger partial charge on any atom is -0.322 e. The quantitative estimate of drug-likeness (QED) is 0.882. The van der Waals surface area contributed by atoms with E-state index in [4.69, 9.17) is 0 Å². The number of hydrogen-bond acceptors (Lipinski definition) is 3. The van der Waals surface area contributed by atoms with E-state index < -0.39 is 26.4 Å². The van der Waals surface area contributed by atoms with Crippen LogP contribution < -0.4 is 5.32 Å². The average Bonchev–Trinajstić information content (AvgIpc) is 2.55. The molecule has 0 saturated carbocycles. The number of halogens is 2. The molecule has 0 bridgehead atoms. The van der Waals surface area contributed by atoms with Crippen LogP contribution in [0.25, 0.3) is 0 Å². The highest BCUT2D eigenvalue weighted by Crippen LogP contribution is 2.20. The number of hydrogen-bond donors (Lipinski definition) is 1. The van der Waals surface area contributed by atoms with Crippen LogP contribution >= 0.6 is 0 Å². The van der Waals surface area contributed by atoms with Gasteiger partial charge < -0.3 is 5.32 Å². The Morgan fingerprint density at radius 3 is 1.96 bits per heavy atom. The van der Waals surface area contributed by atoms with Crippen LogP contribution in [0.3, 0.4) is 0 Å². The summed E-state index contributed by atoms with van der Waals surface area (Å²) in [4.78, 5) is 11.6. The molecule has 0 fully saturated rings. The molecule has 2 rings (SSSR count). The first kappa shape index (κ1) is 18.1. The second-order valence-corrected chi connectivity index (χ2v) is 7.48. The molecule has 0 aliphatic carbocycles. The summed E-state index contributed by atoms with van der Waals surface area (Å²) in [5, 5.41) is 2.67. The number of carbonyl (C=O) groups is 1. The summed E-state index contributed by atoms with van der Waals surface area (Å²) in [5.41, 5.74) is 1.90. The van der Waals surface area contributed by atoms with E-state index in [9.17, 15) is 22.0 Å². The summed E-state index contributed by atoms with van der Waals surface area (Å²) in [6.45, 7) is 4.12. The van der Waals surface area contributed by atoms with Gasteiger partial charge in [-0.25, -0.2) is 8.42 Å². The van der Waals surface area contributed by atoms with Gasteiger partial charge >= 0.3 is 5.76 Å². The van der Waals surface area contributed by atoms with Gasteiger partial charge in [-0.05, 0) is 47.9 Å². The van der Waals surface area contributed by atoms with Crippen molar-refractivity contribution in [1.82, 2.24) is 0 Å². The lowest BCUT2D eigenvalue weighted by Gasteiger charge is -2.09. The molecule has 2 aromatic carbocycles. The Morgan fingerprint density at radius 2 is 1.50 bits per heavy atom. The van der Waals surface area contributed by atoms with Crippen molar-refractivity contribution >= 4 is 21.4 Å². The number of sulfone groups is 1. The van der Waals surface area contributed by atoms with E-state index in [1.807, 2.05) is 12.1 Å². The number of amides is 1. The number of benzene rings is 2. The maximum atomic E-state index is 12.5. The molecule has 0 atom stereocenters. The van der Waals surface area contributed by atoms with E-state index in [2.05, 4.69) is 19.2 Å². The standard InChI is InChI=1S/C17H17F2NO3S/c1-11(2)12-3-7-14(8-4-12)20-16(21)13-5-9-15(10-6-13)24(22,23)17(18)19/h3-11,17H,1-2H3,(H,20,21). The fraction of sp³-hybridized carbons (Fsp3) is 0.235. The molecule has 4 nitrogen and oxygen atoms in total. The SMILES string of the molecule is CC(C)c1ccc(NC(=O)c2ccc(S(=O)(=O)C(F)F)cc2)cc1. The molecule has 0 aromatic heterocycles. The normalized spacial score (nSPS) is 11.8. The first-order valence-corrected chi connectivity index (χ1v) is 8.80. The summed E-state index contributed by atoms with van der Waals surface area (Å²) in [6.07, 6.45) is 0. The highest BCUT2D eigenvalue weighted by molar-refractivity contribution is 7.91. The van der Waals surface area contributed by atoms with Crippen molar-refractivity contribution in [2.45, 2.75) is 30.4 Å². The molecule has 24 heavy (non-hydrogen) atoms. The Balaban J connectivity index is 2.13. The lowest BCUT2D eigenvalue weighted by molar-refractivity contribution is 0.102. The molecule has 0 saturated heterocycles. The zero-order chi connectivity index (χ0) is 17.9. The predicted molar refractivity (Wildman–Crippen MR) is 88.1 cm³/mol. The van der Waals surface area contributed by atoms with Gasteiger partial charge in [0.2, 0.25) is 9.84 Å². The zero-order valence-electron chi connectivity index (χ0n) is 13.2.